The summed E-state index contributed by atoms with van der Waals surface area (Å²) in [5, 5.41) is 4.61. The van der Waals surface area contributed by atoms with Crippen molar-refractivity contribution in [2.45, 2.75) is 44.3 Å². The van der Waals surface area contributed by atoms with Crippen molar-refractivity contribution in [1.82, 2.24) is 19.5 Å². The van der Waals surface area contributed by atoms with E-state index >= 15 is 0 Å². The van der Waals surface area contributed by atoms with E-state index in [2.05, 4.69) is 14.5 Å². The molecule has 0 aromatic carbocycles. The average molecular weight is 402 g/mol. The Hall–Kier alpha value is -2.62. The average Bonchev–Trinajstić information content (AvgIpc) is 3.35. The van der Waals surface area contributed by atoms with Crippen molar-refractivity contribution in [3.05, 3.63) is 23.7 Å². The molecule has 4 rings (SSSR count). The summed E-state index contributed by atoms with van der Waals surface area (Å²) in [5.74, 6) is 0.101. The molecule has 10 heteroatoms. The van der Waals surface area contributed by atoms with E-state index in [1.807, 2.05) is 26.8 Å². The lowest BCUT2D eigenvalue weighted by atomic mass is 10.2. The number of urea groups is 1. The Labute approximate surface area is 165 Å². The summed E-state index contributed by atoms with van der Waals surface area (Å²) in [4.78, 5) is 31.5. The molecule has 0 radical (unpaired) electrons. The van der Waals surface area contributed by atoms with Crippen LogP contribution in [0.5, 0.6) is 0 Å². The molecule has 2 fully saturated rings. The van der Waals surface area contributed by atoms with Crippen molar-refractivity contribution in [2.75, 3.05) is 18.5 Å². The maximum atomic E-state index is 12.5. The second-order valence-electron chi connectivity index (χ2n) is 8.08. The van der Waals surface area contributed by atoms with Crippen LogP contribution >= 0.6 is 0 Å². The third-order valence-corrected chi connectivity index (χ3v) is 6.06. The molecule has 1 saturated heterocycles. The highest BCUT2D eigenvalue weighted by molar-refractivity contribution is 7.85. The number of anilines is 1. The molecule has 0 N–H and O–H groups in total. The number of carbonyl (C=O) groups excluding carboxylic acids is 2. The van der Waals surface area contributed by atoms with Gasteiger partial charge in [-0.25, -0.2) is 18.5 Å². The smallest absolute Gasteiger partial charge is 0.281 e. The summed E-state index contributed by atoms with van der Waals surface area (Å²) in [6.07, 6.45) is 5.26. The SMILES string of the molecule is CN1C(=O)CN(c2cc(C3CC3)nn3cc(/C=N/S(=O)C(C)(C)C)nc23)C1=O. The first-order valence-electron chi connectivity index (χ1n) is 9.09. The molecule has 2 aromatic heterocycles. The number of hydrogen-bond acceptors (Lipinski definition) is 5. The molecule has 3 amide bonds. The lowest BCUT2D eigenvalue weighted by Gasteiger charge is -2.16. The second-order valence-corrected chi connectivity index (χ2v) is 10.0. The van der Waals surface area contributed by atoms with Gasteiger partial charge in [0.15, 0.2) is 5.65 Å². The van der Waals surface area contributed by atoms with Crippen LogP contribution in [0.2, 0.25) is 0 Å². The van der Waals surface area contributed by atoms with Gasteiger partial charge in [0.05, 0.1) is 28.5 Å². The fourth-order valence-electron chi connectivity index (χ4n) is 2.88. The Balaban J connectivity index is 1.77. The summed E-state index contributed by atoms with van der Waals surface area (Å²) >= 11 is 0. The first-order chi connectivity index (χ1) is 13.1. The van der Waals surface area contributed by atoms with Crippen LogP contribution in [0.25, 0.3) is 5.65 Å². The molecule has 3 heterocycles. The van der Waals surface area contributed by atoms with Gasteiger partial charge in [0.25, 0.3) is 0 Å². The number of rotatable bonds is 4. The molecule has 1 aliphatic carbocycles. The molecule has 9 nitrogen and oxygen atoms in total. The monoisotopic (exact) mass is 402 g/mol. The molecule has 1 unspecified atom stereocenters. The number of imidazole rings is 1. The predicted molar refractivity (Wildman–Crippen MR) is 106 cm³/mol. The van der Waals surface area contributed by atoms with E-state index in [4.69, 9.17) is 0 Å². The first kappa shape index (κ1) is 18.7. The van der Waals surface area contributed by atoms with Gasteiger partial charge < -0.3 is 0 Å². The number of fused-ring (bicyclic) bond motifs is 1. The summed E-state index contributed by atoms with van der Waals surface area (Å²) < 4.78 is 17.4. The Morgan fingerprint density at radius 1 is 1.29 bits per heavy atom. The van der Waals surface area contributed by atoms with Crippen molar-refractivity contribution in [3.8, 4) is 0 Å². The van der Waals surface area contributed by atoms with E-state index in [0.717, 1.165) is 23.4 Å². The fraction of sp³-hybridized carbons (Fsp3) is 0.500. The van der Waals surface area contributed by atoms with Crippen LogP contribution in [0.15, 0.2) is 16.7 Å². The molecule has 1 saturated carbocycles. The highest BCUT2D eigenvalue weighted by Crippen LogP contribution is 2.40. The highest BCUT2D eigenvalue weighted by Gasteiger charge is 2.37. The number of amides is 3. The van der Waals surface area contributed by atoms with Crippen molar-refractivity contribution >= 4 is 40.5 Å². The molecule has 1 atom stereocenters. The van der Waals surface area contributed by atoms with Gasteiger partial charge >= 0.3 is 6.03 Å². The number of carbonyl (C=O) groups is 2. The summed E-state index contributed by atoms with van der Waals surface area (Å²) in [6.45, 7) is 5.51. The Morgan fingerprint density at radius 3 is 2.57 bits per heavy atom. The molecular formula is C18H22N6O3S. The van der Waals surface area contributed by atoms with E-state index in [-0.39, 0.29) is 18.5 Å². The van der Waals surface area contributed by atoms with Gasteiger partial charge in [-0.15, -0.1) is 0 Å². The lowest BCUT2D eigenvalue weighted by molar-refractivity contribution is -0.123. The Morgan fingerprint density at radius 2 is 2.00 bits per heavy atom. The Kier molecular flexibility index (Phi) is 4.33. The van der Waals surface area contributed by atoms with Gasteiger partial charge in [0.2, 0.25) is 5.91 Å². The van der Waals surface area contributed by atoms with E-state index in [1.165, 1.54) is 18.2 Å². The molecule has 148 valence electrons. The minimum absolute atomic E-state index is 0.0244. The molecule has 2 aromatic rings. The second kappa shape index (κ2) is 6.47. The zero-order valence-corrected chi connectivity index (χ0v) is 17.1. The third kappa shape index (κ3) is 3.32. The third-order valence-electron chi connectivity index (χ3n) is 4.72. The topological polar surface area (TPSA) is 100 Å². The Bertz CT molecular complexity index is 1030. The van der Waals surface area contributed by atoms with E-state index in [9.17, 15) is 13.8 Å². The molecule has 0 bridgehead atoms. The predicted octanol–water partition coefficient (Wildman–Crippen LogP) is 1.89. The molecule has 2 aliphatic rings. The minimum atomic E-state index is -1.40. The van der Waals surface area contributed by atoms with E-state index in [1.54, 1.807) is 10.7 Å². The maximum absolute atomic E-state index is 12.5. The highest BCUT2D eigenvalue weighted by atomic mass is 32.2. The first-order valence-corrected chi connectivity index (χ1v) is 10.2. The normalized spacial score (nSPS) is 19.4. The van der Waals surface area contributed by atoms with Gasteiger partial charge in [0, 0.05) is 13.0 Å². The van der Waals surface area contributed by atoms with Crippen LogP contribution in [-0.2, 0) is 15.8 Å². The van der Waals surface area contributed by atoms with Gasteiger partial charge in [0.1, 0.15) is 23.2 Å². The number of aromatic nitrogens is 3. The van der Waals surface area contributed by atoms with Crippen LogP contribution in [0.3, 0.4) is 0 Å². The number of imide groups is 1. The van der Waals surface area contributed by atoms with Crippen molar-refractivity contribution in [3.63, 3.8) is 0 Å². The number of nitrogens with zero attached hydrogens (tertiary/aromatic N) is 6. The number of likely N-dealkylation sites (N-methyl/N-ethyl adjacent to an activating group) is 1. The summed E-state index contributed by atoms with van der Waals surface area (Å²) in [5.41, 5.74) is 2.38. The van der Waals surface area contributed by atoms with Crippen molar-refractivity contribution in [1.29, 1.82) is 0 Å². The molecular weight excluding hydrogens is 380 g/mol. The van der Waals surface area contributed by atoms with Crippen molar-refractivity contribution < 1.29 is 13.8 Å². The molecule has 0 spiro atoms. The molecule has 1 aliphatic heterocycles. The lowest BCUT2D eigenvalue weighted by Crippen LogP contribution is -2.30. The van der Waals surface area contributed by atoms with Crippen LogP contribution in [0.1, 0.15) is 50.9 Å². The van der Waals surface area contributed by atoms with Gasteiger partial charge in [-0.3, -0.25) is 14.6 Å². The van der Waals surface area contributed by atoms with Crippen LogP contribution in [0, 0.1) is 0 Å². The van der Waals surface area contributed by atoms with Crippen LogP contribution < -0.4 is 4.90 Å². The molecule has 28 heavy (non-hydrogen) atoms. The van der Waals surface area contributed by atoms with Crippen LogP contribution in [-0.4, -0.2) is 60.2 Å². The van der Waals surface area contributed by atoms with Gasteiger partial charge in [-0.05, 0) is 39.7 Å². The quantitative estimate of drug-likeness (QED) is 0.574. The van der Waals surface area contributed by atoms with Gasteiger partial charge in [-0.1, -0.05) is 0 Å². The minimum Gasteiger partial charge on any atom is -0.281 e. The summed E-state index contributed by atoms with van der Waals surface area (Å²) in [7, 11) is 0.0687. The largest absolute Gasteiger partial charge is 0.331 e. The maximum Gasteiger partial charge on any atom is 0.331 e. The zero-order valence-electron chi connectivity index (χ0n) is 16.2. The zero-order chi connectivity index (χ0) is 20.2. The summed E-state index contributed by atoms with van der Waals surface area (Å²) in [6, 6.07) is 1.46. The number of hydrogen-bond donors (Lipinski definition) is 0. The van der Waals surface area contributed by atoms with Crippen LogP contribution in [0.4, 0.5) is 10.5 Å². The fourth-order valence-corrected chi connectivity index (χ4v) is 3.40. The standard InChI is InChI=1S/C18H22N6O3S/c1-18(2,3)28(27)19-8-12-9-24-16(20-12)14(7-13(21-24)11-5-6-11)23-10-15(25)22(4)17(23)26/h7-9,11H,5-6,10H2,1-4H3/b19-8+. The van der Waals surface area contributed by atoms with Crippen molar-refractivity contribution in [2.24, 2.45) is 4.40 Å². The van der Waals surface area contributed by atoms with Gasteiger partial charge in [-0.2, -0.15) is 9.50 Å². The van der Waals surface area contributed by atoms with E-state index < -0.39 is 15.7 Å². The van der Waals surface area contributed by atoms with E-state index in [0.29, 0.717) is 22.9 Å².